The molecular weight excluding hydrogens is 577 g/mol. The van der Waals surface area contributed by atoms with Gasteiger partial charge in [-0.3, -0.25) is 0 Å². The standard InChI is InChI=1S/C48H30/c1-4-10-34-25(7-1)13-28-19-40-31(16-37(28)34)22-43-46(40)44-23-32-17-38-30(15-27-9-2-5-11-35(27)38)21-42(32)48(44)45-24-33-18-39-29(20-41(33)47(43)45)14-26-8-3-6-12-36(26)39/h1-12,16-21H,13-15,22-24H2. The lowest BCUT2D eigenvalue weighted by molar-refractivity contribution is 1.21. The van der Waals surface area contributed by atoms with E-state index in [1.165, 1.54) is 100 Å². The second-order valence-corrected chi connectivity index (χ2v) is 15.1. The van der Waals surface area contributed by atoms with Crippen LogP contribution < -0.4 is 0 Å². The Hall–Kier alpha value is -5.46. The van der Waals surface area contributed by atoms with Gasteiger partial charge in [-0.05, 0) is 208 Å². The molecule has 7 aromatic rings. The molecule has 0 radical (unpaired) electrons. The van der Waals surface area contributed by atoms with Crippen molar-refractivity contribution >= 4 is 0 Å². The molecule has 0 N–H and O–H groups in total. The fourth-order valence-electron chi connectivity index (χ4n) is 10.8. The Morgan fingerprint density at radius 1 is 0.229 bits per heavy atom. The molecule has 0 heteroatoms. The zero-order valence-electron chi connectivity index (χ0n) is 26.6. The van der Waals surface area contributed by atoms with Crippen molar-refractivity contribution in [3.8, 4) is 66.8 Å². The lowest BCUT2D eigenvalue weighted by atomic mass is 9.86. The first-order valence-corrected chi connectivity index (χ1v) is 17.7. The van der Waals surface area contributed by atoms with Gasteiger partial charge < -0.3 is 0 Å². The molecule has 0 bridgehead atoms. The summed E-state index contributed by atoms with van der Waals surface area (Å²) in [5, 5.41) is 0. The van der Waals surface area contributed by atoms with Crippen molar-refractivity contribution in [2.45, 2.75) is 38.5 Å². The van der Waals surface area contributed by atoms with E-state index in [4.69, 9.17) is 0 Å². The number of rotatable bonds is 0. The molecule has 0 atom stereocenters. The van der Waals surface area contributed by atoms with E-state index in [0.717, 1.165) is 38.5 Å². The molecule has 0 aromatic heterocycles. The Bertz CT molecular complexity index is 2400. The number of hydrogen-bond acceptors (Lipinski definition) is 0. The maximum atomic E-state index is 2.59. The van der Waals surface area contributed by atoms with Crippen LogP contribution in [-0.4, -0.2) is 0 Å². The maximum absolute atomic E-state index is 2.59. The lowest BCUT2D eigenvalue weighted by Gasteiger charge is -2.17. The molecule has 0 aliphatic heterocycles. The van der Waals surface area contributed by atoms with Gasteiger partial charge in [0.05, 0.1) is 0 Å². The molecule has 222 valence electrons. The van der Waals surface area contributed by atoms with Gasteiger partial charge in [0.2, 0.25) is 0 Å². The van der Waals surface area contributed by atoms with E-state index in [1.807, 2.05) is 0 Å². The Balaban J connectivity index is 1.07. The van der Waals surface area contributed by atoms with Gasteiger partial charge in [-0.15, -0.1) is 0 Å². The van der Waals surface area contributed by atoms with E-state index in [2.05, 4.69) is 109 Å². The molecule has 48 heavy (non-hydrogen) atoms. The molecule has 0 amide bonds. The summed E-state index contributed by atoms with van der Waals surface area (Å²) in [7, 11) is 0. The Labute approximate surface area is 280 Å². The van der Waals surface area contributed by atoms with Gasteiger partial charge in [0.1, 0.15) is 0 Å². The van der Waals surface area contributed by atoms with E-state index in [0.29, 0.717) is 0 Å². The molecule has 0 saturated heterocycles. The van der Waals surface area contributed by atoms with Gasteiger partial charge in [-0.1, -0.05) is 72.8 Å². The molecule has 0 spiro atoms. The molecule has 6 aliphatic rings. The molecule has 13 rings (SSSR count). The predicted octanol–water partition coefficient (Wildman–Crippen LogP) is 11.1. The van der Waals surface area contributed by atoms with Crippen molar-refractivity contribution in [3.63, 3.8) is 0 Å². The van der Waals surface area contributed by atoms with Crippen LogP contribution >= 0.6 is 0 Å². The van der Waals surface area contributed by atoms with E-state index >= 15 is 0 Å². The predicted molar refractivity (Wildman–Crippen MR) is 196 cm³/mol. The van der Waals surface area contributed by atoms with Crippen LogP contribution in [0.1, 0.15) is 66.8 Å². The van der Waals surface area contributed by atoms with Crippen molar-refractivity contribution in [3.05, 3.63) is 176 Å². The normalized spacial score (nSPS) is 15.0. The van der Waals surface area contributed by atoms with Gasteiger partial charge >= 0.3 is 0 Å². The van der Waals surface area contributed by atoms with E-state index in [9.17, 15) is 0 Å². The van der Waals surface area contributed by atoms with Crippen LogP contribution in [0.25, 0.3) is 66.8 Å². The minimum absolute atomic E-state index is 1.03. The van der Waals surface area contributed by atoms with Crippen LogP contribution in [-0.2, 0) is 38.5 Å². The van der Waals surface area contributed by atoms with Crippen molar-refractivity contribution in [1.29, 1.82) is 0 Å². The molecule has 0 heterocycles. The molecule has 6 aliphatic carbocycles. The first-order chi connectivity index (χ1) is 23.7. The summed E-state index contributed by atoms with van der Waals surface area (Å²) in [6, 6.07) is 42.6. The average molecular weight is 607 g/mol. The van der Waals surface area contributed by atoms with Gasteiger partial charge in [-0.2, -0.15) is 0 Å². The summed E-state index contributed by atoms with van der Waals surface area (Å²) in [4.78, 5) is 0. The minimum Gasteiger partial charge on any atom is -0.0619 e. The smallest absolute Gasteiger partial charge is 0.000684 e. The Morgan fingerprint density at radius 2 is 0.500 bits per heavy atom. The summed E-state index contributed by atoms with van der Waals surface area (Å²) >= 11 is 0. The summed E-state index contributed by atoms with van der Waals surface area (Å²) in [6.45, 7) is 0. The minimum atomic E-state index is 1.03. The Kier molecular flexibility index (Phi) is 4.28. The SMILES string of the molecule is c1ccc2c(c1)Cc1cc3c(cc1-2)Cc1c-3c2c(c3c1-c1cc4c(cc1C3)-c1ccccc1C4)-c1cc3c(cc1C2)-c1ccccc1C3. The molecule has 0 nitrogen and oxygen atoms in total. The highest BCUT2D eigenvalue weighted by Gasteiger charge is 2.39. The highest BCUT2D eigenvalue weighted by Crippen LogP contribution is 2.59. The van der Waals surface area contributed by atoms with Crippen LogP contribution in [0.5, 0.6) is 0 Å². The molecule has 0 unspecified atom stereocenters. The second-order valence-electron chi connectivity index (χ2n) is 15.1. The quantitative estimate of drug-likeness (QED) is 0.161. The second kappa shape index (κ2) is 8.33. The van der Waals surface area contributed by atoms with Gasteiger partial charge in [-0.25, -0.2) is 0 Å². The van der Waals surface area contributed by atoms with Crippen molar-refractivity contribution in [2.24, 2.45) is 0 Å². The average Bonchev–Trinajstić information content (AvgIpc) is 3.94. The fourth-order valence-corrected chi connectivity index (χ4v) is 10.8. The summed E-state index contributed by atoms with van der Waals surface area (Å²) in [5.74, 6) is 0. The van der Waals surface area contributed by atoms with Gasteiger partial charge in [0.15, 0.2) is 0 Å². The molecule has 0 saturated carbocycles. The van der Waals surface area contributed by atoms with Gasteiger partial charge in [0.25, 0.3) is 0 Å². The largest absolute Gasteiger partial charge is 0.0619 e. The third-order valence-corrected chi connectivity index (χ3v) is 12.8. The topological polar surface area (TPSA) is 0 Å². The zero-order valence-corrected chi connectivity index (χ0v) is 26.6. The number of fused-ring (bicyclic) bond motifs is 21. The van der Waals surface area contributed by atoms with Crippen LogP contribution in [0.15, 0.2) is 109 Å². The summed E-state index contributed by atoms with van der Waals surface area (Å²) < 4.78 is 0. The Morgan fingerprint density at radius 3 is 0.833 bits per heavy atom. The highest BCUT2D eigenvalue weighted by molar-refractivity contribution is 6.03. The molecule has 0 fully saturated rings. The van der Waals surface area contributed by atoms with Crippen molar-refractivity contribution in [2.75, 3.05) is 0 Å². The van der Waals surface area contributed by atoms with E-state index in [1.54, 1.807) is 33.4 Å². The van der Waals surface area contributed by atoms with Crippen LogP contribution in [0.3, 0.4) is 0 Å². The van der Waals surface area contributed by atoms with E-state index in [-0.39, 0.29) is 0 Å². The fraction of sp³-hybridized carbons (Fsp3) is 0.125. The van der Waals surface area contributed by atoms with Crippen LogP contribution in [0, 0.1) is 0 Å². The summed E-state index contributed by atoms with van der Waals surface area (Å²) in [5.41, 5.74) is 36.1. The summed E-state index contributed by atoms with van der Waals surface area (Å²) in [6.07, 6.45) is 6.24. The highest BCUT2D eigenvalue weighted by atomic mass is 14.4. The first kappa shape index (κ1) is 24.7. The van der Waals surface area contributed by atoms with Crippen LogP contribution in [0.2, 0.25) is 0 Å². The number of hydrogen-bond donors (Lipinski definition) is 0. The maximum Gasteiger partial charge on any atom is -0.000684 e. The molecule has 7 aromatic carbocycles. The monoisotopic (exact) mass is 606 g/mol. The lowest BCUT2D eigenvalue weighted by Crippen LogP contribution is -1.97. The third kappa shape index (κ3) is 2.91. The third-order valence-electron chi connectivity index (χ3n) is 12.8. The van der Waals surface area contributed by atoms with Crippen molar-refractivity contribution in [1.82, 2.24) is 0 Å². The van der Waals surface area contributed by atoms with Crippen LogP contribution in [0.4, 0.5) is 0 Å². The van der Waals surface area contributed by atoms with E-state index < -0.39 is 0 Å². The van der Waals surface area contributed by atoms with Crippen molar-refractivity contribution < 1.29 is 0 Å². The first-order valence-electron chi connectivity index (χ1n) is 17.7. The zero-order chi connectivity index (χ0) is 30.8. The van der Waals surface area contributed by atoms with Gasteiger partial charge in [0, 0.05) is 0 Å². The molecular formula is C48H30. The number of benzene rings is 7.